The van der Waals surface area contributed by atoms with E-state index in [9.17, 15) is 13.2 Å². The number of alkyl halides is 3. The number of fused-ring (bicyclic) bond motifs is 3. The number of methoxy groups -OCH3 is 1. The molecule has 2 N–H and O–H groups in total. The third-order valence-corrected chi connectivity index (χ3v) is 7.13. The Morgan fingerprint density at radius 1 is 0.947 bits per heavy atom. The highest BCUT2D eigenvalue weighted by Gasteiger charge is 2.37. The average molecular weight is 521 g/mol. The third-order valence-electron chi connectivity index (χ3n) is 7.13. The van der Waals surface area contributed by atoms with Crippen LogP contribution in [0.5, 0.6) is 5.88 Å². The molecule has 0 spiro atoms. The Morgan fingerprint density at radius 3 is 2.45 bits per heavy atom. The van der Waals surface area contributed by atoms with Crippen molar-refractivity contribution in [2.75, 3.05) is 48.4 Å². The summed E-state index contributed by atoms with van der Waals surface area (Å²) in [5.74, 6) is 0.519. The zero-order valence-electron chi connectivity index (χ0n) is 21.0. The summed E-state index contributed by atoms with van der Waals surface area (Å²) in [4.78, 5) is 12.6. The van der Waals surface area contributed by atoms with E-state index < -0.39 is 11.7 Å². The van der Waals surface area contributed by atoms with Gasteiger partial charge in [0.05, 0.1) is 35.8 Å². The summed E-state index contributed by atoms with van der Waals surface area (Å²) in [6.45, 7) is 4.31. The number of anilines is 4. The highest BCUT2D eigenvalue weighted by molar-refractivity contribution is 6.04. The molecule has 2 aromatic heterocycles. The first kappa shape index (κ1) is 24.3. The predicted molar refractivity (Wildman–Crippen MR) is 143 cm³/mol. The molecule has 1 saturated heterocycles. The molecule has 0 radical (unpaired) electrons. The fourth-order valence-corrected chi connectivity index (χ4v) is 5.31. The zero-order chi connectivity index (χ0) is 26.4. The summed E-state index contributed by atoms with van der Waals surface area (Å²) in [6, 6.07) is 14.3. The van der Waals surface area contributed by atoms with E-state index in [2.05, 4.69) is 20.6 Å². The highest BCUT2D eigenvalue weighted by Crippen LogP contribution is 2.47. The van der Waals surface area contributed by atoms with Gasteiger partial charge in [0, 0.05) is 60.8 Å². The average Bonchev–Trinajstić information content (AvgIpc) is 3.28. The molecule has 7 nitrogen and oxygen atoms in total. The molecule has 0 aliphatic carbocycles. The van der Waals surface area contributed by atoms with E-state index >= 15 is 0 Å². The van der Waals surface area contributed by atoms with Crippen LogP contribution in [0, 0.1) is 0 Å². The number of piperazine rings is 1. The fraction of sp³-hybridized carbons (Fsp3) is 0.286. The molecule has 0 saturated carbocycles. The van der Waals surface area contributed by atoms with Gasteiger partial charge in [0.2, 0.25) is 5.88 Å². The number of nitrogens with zero attached hydrogens (tertiary/aromatic N) is 4. The second-order valence-electron chi connectivity index (χ2n) is 9.47. The summed E-state index contributed by atoms with van der Waals surface area (Å²) < 4.78 is 48.1. The molecular weight excluding hydrogens is 493 g/mol. The van der Waals surface area contributed by atoms with Crippen LogP contribution in [-0.4, -0.2) is 49.4 Å². The van der Waals surface area contributed by atoms with Crippen LogP contribution in [-0.2, 0) is 6.18 Å². The van der Waals surface area contributed by atoms with Crippen molar-refractivity contribution in [3.63, 3.8) is 0 Å². The summed E-state index contributed by atoms with van der Waals surface area (Å²) in [5, 5.41) is 7.42. The number of ether oxygens (including phenoxy) is 1. The quantitative estimate of drug-likeness (QED) is 0.361. The van der Waals surface area contributed by atoms with E-state index in [1.165, 1.54) is 6.07 Å². The lowest BCUT2D eigenvalue weighted by atomic mass is 10.0. The lowest BCUT2D eigenvalue weighted by Crippen LogP contribution is -2.44. The highest BCUT2D eigenvalue weighted by atomic mass is 19.4. The molecule has 2 aromatic carbocycles. The molecule has 2 aliphatic rings. The van der Waals surface area contributed by atoms with E-state index in [1.807, 2.05) is 36.1 Å². The summed E-state index contributed by atoms with van der Waals surface area (Å²) in [7, 11) is 1.57. The monoisotopic (exact) mass is 520 g/mol. The van der Waals surface area contributed by atoms with Gasteiger partial charge in [-0.25, -0.2) is 4.98 Å². The van der Waals surface area contributed by atoms with Crippen molar-refractivity contribution >= 4 is 33.7 Å². The standard InChI is InChI=1S/C28H27F3N6O/c1-17-35-24-16-33-23-6-3-18(19-4-8-26(38-2)34-15-19)13-21(23)27(24)37(17)20-5-7-25(22(14-20)28(29,30)31)36-11-9-32-10-12-36/h3-8,13-17,32,35H,9-12H2,1-2H3. The van der Waals surface area contributed by atoms with Crippen molar-refractivity contribution in [1.29, 1.82) is 0 Å². The van der Waals surface area contributed by atoms with E-state index in [0.29, 0.717) is 37.7 Å². The minimum Gasteiger partial charge on any atom is -0.481 e. The lowest BCUT2D eigenvalue weighted by Gasteiger charge is -2.33. The van der Waals surface area contributed by atoms with Crippen molar-refractivity contribution in [2.24, 2.45) is 0 Å². The van der Waals surface area contributed by atoms with Crippen LogP contribution in [0.2, 0.25) is 0 Å². The summed E-state index contributed by atoms with van der Waals surface area (Å²) in [5.41, 5.74) is 4.21. The molecule has 1 unspecified atom stereocenters. The van der Waals surface area contributed by atoms with Gasteiger partial charge in [-0.1, -0.05) is 6.07 Å². The van der Waals surface area contributed by atoms with Crippen molar-refractivity contribution in [1.82, 2.24) is 15.3 Å². The van der Waals surface area contributed by atoms with E-state index in [0.717, 1.165) is 33.4 Å². The number of pyridine rings is 2. The molecule has 196 valence electrons. The summed E-state index contributed by atoms with van der Waals surface area (Å²) in [6.07, 6.45) is -1.28. The van der Waals surface area contributed by atoms with Gasteiger partial charge in [0.15, 0.2) is 0 Å². The van der Waals surface area contributed by atoms with Crippen LogP contribution in [0.3, 0.4) is 0 Å². The first-order chi connectivity index (χ1) is 18.3. The van der Waals surface area contributed by atoms with Crippen molar-refractivity contribution in [3.8, 4) is 17.0 Å². The molecule has 0 bridgehead atoms. The van der Waals surface area contributed by atoms with Gasteiger partial charge in [-0.05, 0) is 48.9 Å². The minimum atomic E-state index is -4.48. The Labute approximate surface area is 218 Å². The molecule has 4 heterocycles. The van der Waals surface area contributed by atoms with Gasteiger partial charge in [-0.3, -0.25) is 4.98 Å². The Bertz CT molecular complexity index is 1480. The summed E-state index contributed by atoms with van der Waals surface area (Å²) >= 11 is 0. The van der Waals surface area contributed by atoms with E-state index in [1.54, 1.807) is 42.6 Å². The second-order valence-corrected chi connectivity index (χ2v) is 9.47. The molecule has 0 amide bonds. The van der Waals surface area contributed by atoms with Gasteiger partial charge in [-0.15, -0.1) is 0 Å². The number of halogens is 3. The SMILES string of the molecule is COc1ccc(-c2ccc3ncc4c(c3c2)N(c2ccc(N3CCNCC3)c(C(F)(F)F)c2)C(C)N4)cn1. The maximum Gasteiger partial charge on any atom is 0.418 e. The molecule has 6 rings (SSSR count). The largest absolute Gasteiger partial charge is 0.481 e. The Balaban J connectivity index is 1.47. The van der Waals surface area contributed by atoms with Crippen LogP contribution in [0.1, 0.15) is 12.5 Å². The first-order valence-corrected chi connectivity index (χ1v) is 12.5. The van der Waals surface area contributed by atoms with Gasteiger partial charge >= 0.3 is 6.18 Å². The molecule has 1 fully saturated rings. The van der Waals surface area contributed by atoms with Crippen LogP contribution in [0.25, 0.3) is 22.0 Å². The lowest BCUT2D eigenvalue weighted by molar-refractivity contribution is -0.137. The van der Waals surface area contributed by atoms with E-state index in [-0.39, 0.29) is 11.9 Å². The first-order valence-electron chi connectivity index (χ1n) is 12.5. The minimum absolute atomic E-state index is 0.219. The molecule has 2 aliphatic heterocycles. The van der Waals surface area contributed by atoms with Gasteiger partial charge in [0.25, 0.3) is 0 Å². The number of hydrogen-bond donors (Lipinski definition) is 2. The van der Waals surface area contributed by atoms with Gasteiger partial charge in [0.1, 0.15) is 6.17 Å². The van der Waals surface area contributed by atoms with Crippen molar-refractivity contribution < 1.29 is 17.9 Å². The molecule has 38 heavy (non-hydrogen) atoms. The molecular formula is C28H27F3N6O. The second kappa shape index (κ2) is 9.36. The van der Waals surface area contributed by atoms with Gasteiger partial charge < -0.3 is 25.2 Å². The fourth-order valence-electron chi connectivity index (χ4n) is 5.31. The molecule has 1 atom stereocenters. The normalized spacial score (nSPS) is 17.4. The zero-order valence-corrected chi connectivity index (χ0v) is 21.0. The van der Waals surface area contributed by atoms with E-state index in [4.69, 9.17) is 4.74 Å². The maximum atomic E-state index is 14.3. The Kier molecular flexibility index (Phi) is 5.98. The maximum absolute atomic E-state index is 14.3. The van der Waals surface area contributed by atoms with Crippen LogP contribution >= 0.6 is 0 Å². The van der Waals surface area contributed by atoms with Crippen LogP contribution in [0.4, 0.5) is 35.9 Å². The molecule has 10 heteroatoms. The topological polar surface area (TPSA) is 65.6 Å². The number of rotatable bonds is 4. The van der Waals surface area contributed by atoms with Gasteiger partial charge in [-0.2, -0.15) is 13.2 Å². The third kappa shape index (κ3) is 4.24. The predicted octanol–water partition coefficient (Wildman–Crippen LogP) is 5.64. The Morgan fingerprint density at radius 2 is 1.74 bits per heavy atom. The smallest absolute Gasteiger partial charge is 0.418 e. The number of nitrogens with one attached hydrogen (secondary N) is 2. The number of hydrogen-bond acceptors (Lipinski definition) is 7. The van der Waals surface area contributed by atoms with Crippen molar-refractivity contribution in [3.05, 3.63) is 66.5 Å². The molecule has 4 aromatic rings. The van der Waals surface area contributed by atoms with Crippen LogP contribution < -0.4 is 25.2 Å². The Hall–Kier alpha value is -4.05. The number of benzene rings is 2. The van der Waals surface area contributed by atoms with Crippen molar-refractivity contribution in [2.45, 2.75) is 19.3 Å². The van der Waals surface area contributed by atoms with Crippen LogP contribution in [0.15, 0.2) is 60.9 Å². The number of aromatic nitrogens is 2.